The summed E-state index contributed by atoms with van der Waals surface area (Å²) in [4.78, 5) is 0. The van der Waals surface area contributed by atoms with E-state index in [-0.39, 0.29) is 0 Å². The van der Waals surface area contributed by atoms with Gasteiger partial charge in [-0.1, -0.05) is 19.0 Å². The molecule has 0 aromatic carbocycles. The Hall–Kier alpha value is -0.530. The minimum absolute atomic E-state index is 0.366. The van der Waals surface area contributed by atoms with Crippen LogP contribution in [0.1, 0.15) is 20.8 Å². The van der Waals surface area contributed by atoms with Crippen molar-refractivity contribution >= 4 is 5.71 Å². The van der Waals surface area contributed by atoms with Crippen molar-refractivity contribution in [3.05, 3.63) is 0 Å². The molecule has 2 nitrogen and oxygen atoms in total. The lowest BCUT2D eigenvalue weighted by Crippen LogP contribution is -2.00. The third-order valence-corrected chi connectivity index (χ3v) is 0.993. The lowest BCUT2D eigenvalue weighted by atomic mass is 10.1. The zero-order chi connectivity index (χ0) is 5.86. The van der Waals surface area contributed by atoms with Crippen LogP contribution in [0.15, 0.2) is 5.16 Å². The van der Waals surface area contributed by atoms with Gasteiger partial charge in [-0.3, -0.25) is 0 Å². The molecule has 0 aliphatic rings. The van der Waals surface area contributed by atoms with Crippen molar-refractivity contribution in [2.75, 3.05) is 0 Å². The van der Waals surface area contributed by atoms with Gasteiger partial charge in [-0.2, -0.15) is 0 Å². The molecule has 0 saturated heterocycles. The van der Waals surface area contributed by atoms with Crippen LogP contribution < -0.4 is 0 Å². The first kappa shape index (κ1) is 6.47. The fourth-order valence-electron chi connectivity index (χ4n) is 0.115. The molecule has 0 aliphatic carbocycles. The van der Waals surface area contributed by atoms with Crippen LogP contribution in [0.2, 0.25) is 0 Å². The molecule has 0 aromatic heterocycles. The molecule has 0 fully saturated rings. The second kappa shape index (κ2) is 2.61. The highest BCUT2D eigenvalue weighted by Crippen LogP contribution is 1.93. The first-order valence-electron chi connectivity index (χ1n) is 2.37. The van der Waals surface area contributed by atoms with E-state index in [1.165, 1.54) is 0 Å². The number of rotatable bonds is 1. The average molecular weight is 101 g/mol. The summed E-state index contributed by atoms with van der Waals surface area (Å²) in [5.41, 5.74) is 0.778. The second-order valence-corrected chi connectivity index (χ2v) is 1.90. The smallest absolute Gasteiger partial charge is 0.0565 e. The van der Waals surface area contributed by atoms with Crippen LogP contribution in [0, 0.1) is 5.92 Å². The van der Waals surface area contributed by atoms with Crippen molar-refractivity contribution in [3.63, 3.8) is 0 Å². The Morgan fingerprint density at radius 3 is 2.00 bits per heavy atom. The molecule has 0 amide bonds. The quantitative estimate of drug-likeness (QED) is 0.303. The van der Waals surface area contributed by atoms with Crippen LogP contribution in [-0.2, 0) is 0 Å². The molecule has 0 heterocycles. The van der Waals surface area contributed by atoms with Crippen molar-refractivity contribution in [2.45, 2.75) is 20.8 Å². The fourth-order valence-corrected chi connectivity index (χ4v) is 0.115. The highest BCUT2D eigenvalue weighted by molar-refractivity contribution is 5.82. The molecule has 0 rings (SSSR count). The second-order valence-electron chi connectivity index (χ2n) is 1.90. The SMILES string of the molecule is C/C(=N/O)C(C)C. The highest BCUT2D eigenvalue weighted by atomic mass is 16.4. The van der Waals surface area contributed by atoms with E-state index in [0.717, 1.165) is 5.71 Å². The standard InChI is InChI=1S/C5H11NO/c1-4(2)5(3)6-7/h4,7H,1-3H3/b6-5-. The molecule has 1 N–H and O–H groups in total. The zero-order valence-corrected chi connectivity index (χ0v) is 4.97. The number of nitrogens with zero attached hydrogens (tertiary/aromatic N) is 1. The lowest BCUT2D eigenvalue weighted by molar-refractivity contribution is 0.315. The van der Waals surface area contributed by atoms with Gasteiger partial charge in [0, 0.05) is 0 Å². The monoisotopic (exact) mass is 101 g/mol. The first-order valence-corrected chi connectivity index (χ1v) is 2.37. The fraction of sp³-hybridized carbons (Fsp3) is 0.800. The Morgan fingerprint density at radius 1 is 1.57 bits per heavy atom. The molecule has 0 radical (unpaired) electrons. The Morgan fingerprint density at radius 2 is 2.00 bits per heavy atom. The summed E-state index contributed by atoms with van der Waals surface area (Å²) in [7, 11) is 0. The van der Waals surface area contributed by atoms with Gasteiger partial charge in [0.15, 0.2) is 0 Å². The Labute approximate surface area is 43.8 Å². The van der Waals surface area contributed by atoms with Crippen molar-refractivity contribution in [3.8, 4) is 0 Å². The van der Waals surface area contributed by atoms with Gasteiger partial charge in [-0.15, -0.1) is 0 Å². The normalized spacial score (nSPS) is 12.9. The molecule has 0 atom stereocenters. The van der Waals surface area contributed by atoms with Gasteiger partial charge in [-0.25, -0.2) is 0 Å². The van der Waals surface area contributed by atoms with Gasteiger partial charge < -0.3 is 5.21 Å². The Kier molecular flexibility index (Phi) is 2.41. The first-order chi connectivity index (χ1) is 3.18. The summed E-state index contributed by atoms with van der Waals surface area (Å²) in [5, 5.41) is 11.1. The van der Waals surface area contributed by atoms with Crippen LogP contribution in [0.25, 0.3) is 0 Å². The van der Waals surface area contributed by atoms with E-state index in [9.17, 15) is 0 Å². The van der Waals surface area contributed by atoms with Gasteiger partial charge in [0.1, 0.15) is 0 Å². The molecule has 0 bridgehead atoms. The van der Waals surface area contributed by atoms with Gasteiger partial charge in [0.25, 0.3) is 0 Å². The van der Waals surface area contributed by atoms with E-state index in [4.69, 9.17) is 5.21 Å². The topological polar surface area (TPSA) is 32.6 Å². The van der Waals surface area contributed by atoms with Crippen molar-refractivity contribution in [1.82, 2.24) is 0 Å². The van der Waals surface area contributed by atoms with Gasteiger partial charge in [0.2, 0.25) is 0 Å². The summed E-state index contributed by atoms with van der Waals surface area (Å²) in [6.45, 7) is 5.76. The van der Waals surface area contributed by atoms with E-state index in [1.54, 1.807) is 6.92 Å². The molecular weight excluding hydrogens is 90.1 g/mol. The van der Waals surface area contributed by atoms with Crippen LogP contribution in [0.3, 0.4) is 0 Å². The number of oxime groups is 1. The molecule has 7 heavy (non-hydrogen) atoms. The molecule has 0 aliphatic heterocycles. The van der Waals surface area contributed by atoms with Crippen molar-refractivity contribution in [2.24, 2.45) is 11.1 Å². The third-order valence-electron chi connectivity index (χ3n) is 0.993. The largest absolute Gasteiger partial charge is 0.411 e. The number of hydrogen-bond donors (Lipinski definition) is 1. The maximum absolute atomic E-state index is 8.09. The summed E-state index contributed by atoms with van der Waals surface area (Å²) in [6, 6.07) is 0. The summed E-state index contributed by atoms with van der Waals surface area (Å²) in [6.07, 6.45) is 0. The van der Waals surface area contributed by atoms with Crippen LogP contribution in [0.4, 0.5) is 0 Å². The van der Waals surface area contributed by atoms with Gasteiger partial charge in [-0.05, 0) is 12.8 Å². The molecule has 2 heteroatoms. The molecule has 42 valence electrons. The van der Waals surface area contributed by atoms with E-state index >= 15 is 0 Å². The maximum atomic E-state index is 8.09. The predicted octanol–water partition coefficient (Wildman–Crippen LogP) is 1.49. The minimum atomic E-state index is 0.366. The van der Waals surface area contributed by atoms with E-state index < -0.39 is 0 Å². The van der Waals surface area contributed by atoms with Gasteiger partial charge >= 0.3 is 0 Å². The number of hydrogen-bond acceptors (Lipinski definition) is 2. The molecule has 0 aromatic rings. The van der Waals surface area contributed by atoms with Gasteiger partial charge in [0.05, 0.1) is 5.71 Å². The third kappa shape index (κ3) is 2.20. The predicted molar refractivity (Wildman–Crippen MR) is 29.7 cm³/mol. The Balaban J connectivity index is 3.56. The van der Waals surface area contributed by atoms with Crippen molar-refractivity contribution in [1.29, 1.82) is 0 Å². The average Bonchev–Trinajstić information content (AvgIpc) is 1.65. The Bertz CT molecular complexity index is 76.1. The minimum Gasteiger partial charge on any atom is -0.411 e. The maximum Gasteiger partial charge on any atom is 0.0565 e. The summed E-state index contributed by atoms with van der Waals surface area (Å²) >= 11 is 0. The van der Waals surface area contributed by atoms with Crippen LogP contribution in [-0.4, -0.2) is 10.9 Å². The van der Waals surface area contributed by atoms with Crippen LogP contribution in [0.5, 0.6) is 0 Å². The lowest BCUT2D eigenvalue weighted by Gasteiger charge is -1.96. The van der Waals surface area contributed by atoms with E-state index in [1.807, 2.05) is 13.8 Å². The summed E-state index contributed by atoms with van der Waals surface area (Å²) in [5.74, 6) is 0.366. The molecular formula is C5H11NO. The molecule has 0 saturated carbocycles. The highest BCUT2D eigenvalue weighted by Gasteiger charge is 1.94. The summed E-state index contributed by atoms with van der Waals surface area (Å²) < 4.78 is 0. The van der Waals surface area contributed by atoms with Crippen LogP contribution >= 0.6 is 0 Å². The zero-order valence-electron chi connectivity index (χ0n) is 4.97. The van der Waals surface area contributed by atoms with E-state index in [0.29, 0.717) is 5.92 Å². The van der Waals surface area contributed by atoms with E-state index in [2.05, 4.69) is 5.16 Å². The molecule has 0 unspecified atom stereocenters. The molecule has 0 spiro atoms. The van der Waals surface area contributed by atoms with Crippen molar-refractivity contribution < 1.29 is 5.21 Å².